The third-order valence-electron chi connectivity index (χ3n) is 2.86. The van der Waals surface area contributed by atoms with E-state index in [2.05, 4.69) is 4.90 Å². The first-order valence-electron chi connectivity index (χ1n) is 5.53. The summed E-state index contributed by atoms with van der Waals surface area (Å²) in [5.74, 6) is 0.192. The maximum atomic E-state index is 12.2. The lowest BCUT2D eigenvalue weighted by molar-refractivity contribution is -0.367. The van der Waals surface area contributed by atoms with Crippen molar-refractivity contribution in [2.75, 3.05) is 33.2 Å². The lowest BCUT2D eigenvalue weighted by Gasteiger charge is -2.30. The van der Waals surface area contributed by atoms with Gasteiger partial charge in [-0.05, 0) is 19.2 Å². The monoisotopic (exact) mass is 273 g/mol. The number of rotatable bonds is 3. The molecule has 8 heteroatoms. The van der Waals surface area contributed by atoms with Gasteiger partial charge < -0.3 is 14.5 Å². The van der Waals surface area contributed by atoms with Crippen molar-refractivity contribution in [2.24, 2.45) is 0 Å². The van der Waals surface area contributed by atoms with E-state index in [9.17, 15) is 13.6 Å². The zero-order valence-corrected chi connectivity index (χ0v) is 10.8. The summed E-state index contributed by atoms with van der Waals surface area (Å²) in [6.07, 6.45) is 1.06. The van der Waals surface area contributed by atoms with Crippen molar-refractivity contribution in [1.82, 2.24) is 9.21 Å². The van der Waals surface area contributed by atoms with Gasteiger partial charge in [-0.15, -0.1) is 0 Å². The fourth-order valence-electron chi connectivity index (χ4n) is 1.76. The summed E-state index contributed by atoms with van der Waals surface area (Å²) in [4.78, 5) is 2.06. The molecule has 1 aromatic rings. The van der Waals surface area contributed by atoms with Crippen LogP contribution >= 0.6 is 0 Å². The minimum atomic E-state index is -3.59. The molecule has 100 valence electrons. The molecule has 0 aliphatic carbocycles. The summed E-state index contributed by atoms with van der Waals surface area (Å²) >= 11 is 0. The molecule has 0 radical (unpaired) electrons. The zero-order chi connectivity index (χ0) is 13.2. The van der Waals surface area contributed by atoms with Gasteiger partial charge in [0.25, 0.3) is 10.0 Å². The quantitative estimate of drug-likeness (QED) is 0.399. The summed E-state index contributed by atoms with van der Waals surface area (Å²) in [6, 6.07) is 2.80. The highest BCUT2D eigenvalue weighted by Crippen LogP contribution is 2.19. The second kappa shape index (κ2) is 5.09. The highest BCUT2D eigenvalue weighted by Gasteiger charge is 2.30. The standard InChI is InChI=1S/C10H15N3O4S/c1-12-4-6-13(7-5-12)18(15,16)10-3-2-9(17-10)8-11-14/h2-3,8,11H,4-7H2,1H3. The SMILES string of the molecule is CN1CCN(S(=O)(=O)c2ccc(C=[NH+][O-])o2)CC1. The Balaban J connectivity index is 2.19. The third kappa shape index (κ3) is 2.55. The molecule has 1 aliphatic heterocycles. The Labute approximate surface area is 105 Å². The van der Waals surface area contributed by atoms with E-state index in [0.29, 0.717) is 26.2 Å². The van der Waals surface area contributed by atoms with E-state index in [-0.39, 0.29) is 10.9 Å². The van der Waals surface area contributed by atoms with Gasteiger partial charge in [0.15, 0.2) is 5.76 Å². The Morgan fingerprint density at radius 2 is 2.00 bits per heavy atom. The third-order valence-corrected chi connectivity index (χ3v) is 4.63. The lowest BCUT2D eigenvalue weighted by atomic mass is 10.4. The minimum absolute atomic E-state index is 0.131. The second-order valence-electron chi connectivity index (χ2n) is 4.13. The number of piperazine rings is 1. The second-order valence-corrected chi connectivity index (χ2v) is 6.00. The molecule has 0 amide bonds. The van der Waals surface area contributed by atoms with Crippen LogP contribution in [0.15, 0.2) is 21.6 Å². The van der Waals surface area contributed by atoms with Crippen molar-refractivity contribution < 1.29 is 18.0 Å². The van der Waals surface area contributed by atoms with Crippen molar-refractivity contribution in [3.63, 3.8) is 0 Å². The number of nitrogens with zero attached hydrogens (tertiary/aromatic N) is 2. The number of furan rings is 1. The summed E-state index contributed by atoms with van der Waals surface area (Å²) in [6.45, 7) is 2.28. The summed E-state index contributed by atoms with van der Waals surface area (Å²) < 4.78 is 30.9. The first-order valence-corrected chi connectivity index (χ1v) is 6.97. The van der Waals surface area contributed by atoms with E-state index in [1.165, 1.54) is 16.4 Å². The van der Waals surface area contributed by atoms with Crippen molar-refractivity contribution in [1.29, 1.82) is 0 Å². The molecule has 1 saturated heterocycles. The molecule has 2 rings (SSSR count). The van der Waals surface area contributed by atoms with Crippen LogP contribution in [-0.4, -0.2) is 57.1 Å². The first kappa shape index (κ1) is 13.1. The number of hydrogen-bond donors (Lipinski definition) is 1. The van der Waals surface area contributed by atoms with Gasteiger partial charge in [0, 0.05) is 26.2 Å². The number of nitrogens with one attached hydrogen (secondary N) is 1. The van der Waals surface area contributed by atoms with Crippen LogP contribution in [0.4, 0.5) is 0 Å². The Morgan fingerprint density at radius 1 is 1.33 bits per heavy atom. The Kier molecular flexibility index (Phi) is 3.69. The van der Waals surface area contributed by atoms with Gasteiger partial charge in [-0.2, -0.15) is 4.31 Å². The topological polar surface area (TPSA) is 90.8 Å². The molecule has 1 N–H and O–H groups in total. The van der Waals surface area contributed by atoms with E-state index in [4.69, 9.17) is 4.42 Å². The molecular weight excluding hydrogens is 258 g/mol. The smallest absolute Gasteiger partial charge is 0.276 e. The minimum Gasteiger partial charge on any atom is -0.625 e. The van der Waals surface area contributed by atoms with Crippen molar-refractivity contribution in [3.8, 4) is 0 Å². The van der Waals surface area contributed by atoms with E-state index in [0.717, 1.165) is 6.21 Å². The van der Waals surface area contributed by atoms with Gasteiger partial charge >= 0.3 is 0 Å². The predicted molar refractivity (Wildman–Crippen MR) is 64.5 cm³/mol. The van der Waals surface area contributed by atoms with Gasteiger partial charge in [-0.1, -0.05) is 0 Å². The number of sulfonamides is 1. The van der Waals surface area contributed by atoms with Crippen molar-refractivity contribution in [3.05, 3.63) is 23.1 Å². The fourth-order valence-corrected chi connectivity index (χ4v) is 3.10. The summed E-state index contributed by atoms with van der Waals surface area (Å²) in [5, 5.41) is 11.6. The van der Waals surface area contributed by atoms with E-state index in [1.807, 2.05) is 7.05 Å². The molecule has 1 aromatic heterocycles. The molecule has 0 unspecified atom stereocenters. The van der Waals surface area contributed by atoms with Gasteiger partial charge in [0.05, 0.1) is 0 Å². The van der Waals surface area contributed by atoms with Crippen LogP contribution in [0.2, 0.25) is 0 Å². The van der Waals surface area contributed by atoms with Crippen LogP contribution in [0.25, 0.3) is 0 Å². The average Bonchev–Trinajstić information content (AvgIpc) is 2.79. The number of hydrogen-bond acceptors (Lipinski definition) is 5. The molecule has 0 bridgehead atoms. The predicted octanol–water partition coefficient (Wildman–Crippen LogP) is -1.79. The lowest BCUT2D eigenvalue weighted by Crippen LogP contribution is -2.60. The van der Waals surface area contributed by atoms with Gasteiger partial charge in [0.1, 0.15) is 0 Å². The van der Waals surface area contributed by atoms with Crippen LogP contribution < -0.4 is 5.16 Å². The molecule has 18 heavy (non-hydrogen) atoms. The van der Waals surface area contributed by atoms with Crippen molar-refractivity contribution >= 4 is 16.2 Å². The van der Waals surface area contributed by atoms with Gasteiger partial charge in [-0.3, -0.25) is 0 Å². The van der Waals surface area contributed by atoms with Gasteiger partial charge in [-0.25, -0.2) is 13.6 Å². The van der Waals surface area contributed by atoms with Crippen molar-refractivity contribution in [2.45, 2.75) is 5.09 Å². The molecule has 0 saturated carbocycles. The first-order chi connectivity index (χ1) is 8.54. The van der Waals surface area contributed by atoms with E-state index in [1.54, 1.807) is 5.16 Å². The molecule has 0 atom stereocenters. The molecule has 2 heterocycles. The molecule has 1 aliphatic rings. The molecule has 1 fully saturated rings. The zero-order valence-electron chi connectivity index (χ0n) is 10.00. The van der Waals surface area contributed by atoms with Crippen LogP contribution in [0.3, 0.4) is 0 Å². The van der Waals surface area contributed by atoms with E-state index >= 15 is 0 Å². The largest absolute Gasteiger partial charge is 0.625 e. The van der Waals surface area contributed by atoms with Crippen LogP contribution in [0.5, 0.6) is 0 Å². The Bertz CT molecular complexity index is 529. The summed E-state index contributed by atoms with van der Waals surface area (Å²) in [7, 11) is -1.64. The average molecular weight is 273 g/mol. The Hall–Kier alpha value is -1.38. The normalized spacial score (nSPS) is 19.6. The van der Waals surface area contributed by atoms with Crippen LogP contribution in [0.1, 0.15) is 5.76 Å². The molecule has 0 spiro atoms. The summed E-state index contributed by atoms with van der Waals surface area (Å²) in [5.41, 5.74) is 0. The highest BCUT2D eigenvalue weighted by molar-refractivity contribution is 7.89. The molecule has 7 nitrogen and oxygen atoms in total. The van der Waals surface area contributed by atoms with Crippen LogP contribution in [-0.2, 0) is 10.0 Å². The Morgan fingerprint density at radius 3 is 2.61 bits per heavy atom. The van der Waals surface area contributed by atoms with E-state index < -0.39 is 10.0 Å². The maximum absolute atomic E-state index is 12.2. The maximum Gasteiger partial charge on any atom is 0.276 e. The van der Waals surface area contributed by atoms with Gasteiger partial charge in [0.2, 0.25) is 11.3 Å². The fraction of sp³-hybridized carbons (Fsp3) is 0.500. The molecule has 0 aromatic carbocycles. The highest BCUT2D eigenvalue weighted by atomic mass is 32.2. The molecular formula is C10H15N3O4S. The van der Waals surface area contributed by atoms with Crippen LogP contribution in [0, 0.1) is 5.21 Å². The number of likely N-dealkylation sites (N-methyl/N-ethyl adjacent to an activating group) is 1.